The molecule has 0 saturated carbocycles. The molecule has 2 aromatic carbocycles. The van der Waals surface area contributed by atoms with Crippen LogP contribution in [0.15, 0.2) is 60.7 Å². The Hall–Kier alpha value is -1.90. The van der Waals surface area contributed by atoms with Crippen molar-refractivity contribution in [2.24, 2.45) is 0 Å². The van der Waals surface area contributed by atoms with E-state index in [2.05, 4.69) is 0 Å². The van der Waals surface area contributed by atoms with Gasteiger partial charge in [-0.25, -0.2) is 0 Å². The van der Waals surface area contributed by atoms with Crippen molar-refractivity contribution < 1.29 is 10.2 Å². The van der Waals surface area contributed by atoms with Gasteiger partial charge in [-0.15, -0.1) is 0 Å². The lowest BCUT2D eigenvalue weighted by Crippen LogP contribution is -2.29. The molecule has 0 saturated heterocycles. The van der Waals surface area contributed by atoms with Gasteiger partial charge in [-0.05, 0) is 38.8 Å². The van der Waals surface area contributed by atoms with Crippen LogP contribution in [0.1, 0.15) is 36.1 Å². The Morgan fingerprint density at radius 1 is 0.667 bits per heavy atom. The Bertz CT molecular complexity index is 615. The molecular weight excluding hydrogens is 296 g/mol. The molecule has 0 aliphatic carbocycles. The number of rotatable bonds is 6. The summed E-state index contributed by atoms with van der Waals surface area (Å²) in [7, 11) is 0. The molecule has 2 rings (SSSR count). The smallest absolute Gasteiger partial charge is 0.0840 e. The van der Waals surface area contributed by atoms with Crippen molar-refractivity contribution in [2.45, 2.75) is 51.7 Å². The minimum atomic E-state index is -0.994. The first-order valence-corrected chi connectivity index (χ1v) is 8.41. The number of aliphatic hydroxyl groups is 2. The summed E-state index contributed by atoms with van der Waals surface area (Å²) >= 11 is 0. The monoisotopic (exact) mass is 324 g/mol. The van der Waals surface area contributed by atoms with Crippen LogP contribution in [0.25, 0.3) is 0 Å². The van der Waals surface area contributed by atoms with Crippen LogP contribution in [-0.4, -0.2) is 21.4 Å². The number of benzene rings is 2. The van der Waals surface area contributed by atoms with Gasteiger partial charge in [0.2, 0.25) is 0 Å². The molecule has 24 heavy (non-hydrogen) atoms. The van der Waals surface area contributed by atoms with Gasteiger partial charge in [0.05, 0.1) is 11.2 Å². The average Bonchev–Trinajstić information content (AvgIpc) is 2.50. The van der Waals surface area contributed by atoms with Gasteiger partial charge in [0.25, 0.3) is 0 Å². The zero-order chi connectivity index (χ0) is 17.8. The van der Waals surface area contributed by atoms with E-state index in [1.807, 2.05) is 62.4 Å². The average molecular weight is 324 g/mol. The molecule has 0 bridgehead atoms. The molecule has 0 aliphatic heterocycles. The first-order chi connectivity index (χ1) is 11.2. The maximum Gasteiger partial charge on any atom is 0.0840 e. The van der Waals surface area contributed by atoms with Crippen LogP contribution >= 0.6 is 0 Å². The van der Waals surface area contributed by atoms with E-state index in [4.69, 9.17) is 0 Å². The Labute approximate surface area is 145 Å². The first kappa shape index (κ1) is 18.4. The van der Waals surface area contributed by atoms with Crippen molar-refractivity contribution in [3.05, 3.63) is 82.9 Å². The fraction of sp³-hybridized carbons (Fsp3) is 0.364. The van der Waals surface area contributed by atoms with Gasteiger partial charge in [0.1, 0.15) is 0 Å². The van der Waals surface area contributed by atoms with Crippen molar-refractivity contribution in [3.8, 4) is 0 Å². The lowest BCUT2D eigenvalue weighted by Gasteiger charge is -2.24. The van der Waals surface area contributed by atoms with Crippen molar-refractivity contribution in [1.29, 1.82) is 0 Å². The molecule has 2 heteroatoms. The van der Waals surface area contributed by atoms with Gasteiger partial charge in [0, 0.05) is 12.8 Å². The zero-order valence-corrected chi connectivity index (χ0v) is 15.1. The first-order valence-electron chi connectivity index (χ1n) is 8.41. The van der Waals surface area contributed by atoms with Gasteiger partial charge in [-0.2, -0.15) is 0 Å². The maximum atomic E-state index is 10.6. The largest absolute Gasteiger partial charge is 0.386 e. The highest BCUT2D eigenvalue weighted by Crippen LogP contribution is 2.20. The van der Waals surface area contributed by atoms with E-state index in [0.29, 0.717) is 12.8 Å². The van der Waals surface area contributed by atoms with Crippen LogP contribution in [-0.2, 0) is 12.8 Å². The third kappa shape index (κ3) is 5.95. The Kier molecular flexibility index (Phi) is 5.63. The molecule has 0 aliphatic rings. The summed E-state index contributed by atoms with van der Waals surface area (Å²) in [5.41, 5.74) is 2.57. The fourth-order valence-corrected chi connectivity index (χ4v) is 2.72. The highest BCUT2D eigenvalue weighted by Gasteiger charge is 2.22. The molecule has 2 nitrogen and oxygen atoms in total. The Morgan fingerprint density at radius 2 is 0.958 bits per heavy atom. The lowest BCUT2D eigenvalue weighted by molar-refractivity contribution is 0.0937. The predicted octanol–water partition coefficient (Wildman–Crippen LogP) is 4.15. The Balaban J connectivity index is 2.03. The summed E-state index contributed by atoms with van der Waals surface area (Å²) < 4.78 is 0. The van der Waals surface area contributed by atoms with Gasteiger partial charge in [-0.1, -0.05) is 71.8 Å². The van der Waals surface area contributed by atoms with Crippen LogP contribution in [0, 0.1) is 13.8 Å². The summed E-state index contributed by atoms with van der Waals surface area (Å²) in [6.07, 6.45) is 4.46. The second kappa shape index (κ2) is 7.33. The highest BCUT2D eigenvalue weighted by molar-refractivity contribution is 5.26. The normalized spacial score (nSPS) is 16.8. The molecule has 2 atom stereocenters. The van der Waals surface area contributed by atoms with E-state index in [9.17, 15) is 10.2 Å². The number of hydrogen-bond donors (Lipinski definition) is 2. The van der Waals surface area contributed by atoms with E-state index in [-0.39, 0.29) is 0 Å². The SMILES string of the molecule is Cc1ccc(CC(C)(O)C=CC(C)(O)Cc2ccc(C)cc2)cc1. The van der Waals surface area contributed by atoms with Crippen LogP contribution in [0.5, 0.6) is 0 Å². The van der Waals surface area contributed by atoms with Crippen molar-refractivity contribution in [3.63, 3.8) is 0 Å². The minimum absolute atomic E-state index is 0.518. The van der Waals surface area contributed by atoms with Crippen LogP contribution < -0.4 is 0 Å². The number of hydrogen-bond acceptors (Lipinski definition) is 2. The summed E-state index contributed by atoms with van der Waals surface area (Å²) in [4.78, 5) is 0. The third-order valence-electron chi connectivity index (χ3n) is 4.17. The molecule has 0 aromatic heterocycles. The van der Waals surface area contributed by atoms with E-state index in [1.165, 1.54) is 11.1 Å². The zero-order valence-electron chi connectivity index (χ0n) is 15.1. The second-order valence-electron chi connectivity index (χ2n) is 7.37. The quantitative estimate of drug-likeness (QED) is 0.784. The van der Waals surface area contributed by atoms with Crippen LogP contribution in [0.3, 0.4) is 0 Å². The van der Waals surface area contributed by atoms with Crippen molar-refractivity contribution >= 4 is 0 Å². The molecule has 128 valence electrons. The summed E-state index contributed by atoms with van der Waals surface area (Å²) in [6.45, 7) is 7.63. The van der Waals surface area contributed by atoms with E-state index < -0.39 is 11.2 Å². The Morgan fingerprint density at radius 3 is 1.25 bits per heavy atom. The molecule has 2 unspecified atom stereocenters. The van der Waals surface area contributed by atoms with Crippen molar-refractivity contribution in [1.82, 2.24) is 0 Å². The third-order valence-corrected chi connectivity index (χ3v) is 4.17. The molecule has 0 fully saturated rings. The standard InChI is InChI=1S/C22H28O2/c1-17-5-9-19(10-6-17)15-21(3,23)13-14-22(4,24)16-20-11-7-18(2)8-12-20/h5-14,23-24H,15-16H2,1-4H3. The second-order valence-corrected chi connectivity index (χ2v) is 7.37. The predicted molar refractivity (Wildman–Crippen MR) is 100 cm³/mol. The van der Waals surface area contributed by atoms with Crippen LogP contribution in [0.2, 0.25) is 0 Å². The van der Waals surface area contributed by atoms with E-state index in [0.717, 1.165) is 11.1 Å². The fourth-order valence-electron chi connectivity index (χ4n) is 2.72. The highest BCUT2D eigenvalue weighted by atomic mass is 16.3. The summed E-state index contributed by atoms with van der Waals surface area (Å²) in [6, 6.07) is 16.3. The maximum absolute atomic E-state index is 10.6. The van der Waals surface area contributed by atoms with Gasteiger partial charge >= 0.3 is 0 Å². The summed E-state index contributed by atoms with van der Waals surface area (Å²) in [5.74, 6) is 0. The molecular formula is C22H28O2. The number of aryl methyl sites for hydroxylation is 2. The van der Waals surface area contributed by atoms with Gasteiger partial charge < -0.3 is 10.2 Å². The van der Waals surface area contributed by atoms with Gasteiger partial charge in [-0.3, -0.25) is 0 Å². The molecule has 2 aromatic rings. The molecule has 0 heterocycles. The molecule has 2 N–H and O–H groups in total. The van der Waals surface area contributed by atoms with E-state index >= 15 is 0 Å². The summed E-state index contributed by atoms with van der Waals surface area (Å²) in [5, 5.41) is 21.2. The molecule has 0 amide bonds. The van der Waals surface area contributed by atoms with E-state index in [1.54, 1.807) is 26.0 Å². The van der Waals surface area contributed by atoms with Gasteiger partial charge in [0.15, 0.2) is 0 Å². The molecule has 0 spiro atoms. The van der Waals surface area contributed by atoms with Crippen LogP contribution in [0.4, 0.5) is 0 Å². The minimum Gasteiger partial charge on any atom is -0.386 e. The lowest BCUT2D eigenvalue weighted by atomic mass is 9.90. The molecule has 0 radical (unpaired) electrons. The topological polar surface area (TPSA) is 40.5 Å². The van der Waals surface area contributed by atoms with Crippen molar-refractivity contribution in [2.75, 3.05) is 0 Å².